The van der Waals surface area contributed by atoms with E-state index in [-0.39, 0.29) is 0 Å². The van der Waals surface area contributed by atoms with Crippen molar-refractivity contribution >= 4 is 28.6 Å². The number of hydrogen-bond donors (Lipinski definition) is 3. The van der Waals surface area contributed by atoms with E-state index in [0.29, 0.717) is 5.69 Å². The Morgan fingerprint density at radius 2 is 2.45 bits per heavy atom. The Balaban J connectivity index is 2.84. The fraction of sp³-hybridized carbons (Fsp3) is 0.167. The van der Waals surface area contributed by atoms with Crippen molar-refractivity contribution < 1.29 is 9.90 Å². The molecule has 0 saturated carbocycles. The molecular weight excluding hydrogens is 259 g/mol. The minimum Gasteiger partial charge on any atom is -0.480 e. The zero-order valence-electron chi connectivity index (χ0n) is 5.54. The van der Waals surface area contributed by atoms with E-state index in [2.05, 4.69) is 27.6 Å². The number of rotatable bonds is 2. The SMILES string of the molecule is N[C@@H](C(=O)O)c1cc(I)c[nH]1. The molecule has 1 rings (SSSR count). The molecule has 1 aromatic heterocycles. The maximum Gasteiger partial charge on any atom is 0.326 e. The summed E-state index contributed by atoms with van der Waals surface area (Å²) in [5, 5.41) is 8.50. The van der Waals surface area contributed by atoms with Gasteiger partial charge < -0.3 is 15.8 Å². The predicted octanol–water partition coefficient (Wildman–Crippen LogP) is 0.704. The molecule has 0 spiro atoms. The fourth-order valence-corrected chi connectivity index (χ4v) is 1.19. The predicted molar refractivity (Wildman–Crippen MR) is 48.1 cm³/mol. The van der Waals surface area contributed by atoms with E-state index < -0.39 is 12.0 Å². The van der Waals surface area contributed by atoms with Gasteiger partial charge in [0.25, 0.3) is 0 Å². The van der Waals surface area contributed by atoms with Gasteiger partial charge in [0, 0.05) is 15.5 Å². The van der Waals surface area contributed by atoms with Gasteiger partial charge in [0.15, 0.2) is 0 Å². The summed E-state index contributed by atoms with van der Waals surface area (Å²) in [5.74, 6) is -1.02. The number of halogens is 1. The highest BCUT2D eigenvalue weighted by molar-refractivity contribution is 14.1. The van der Waals surface area contributed by atoms with Crippen molar-refractivity contribution in [3.05, 3.63) is 21.5 Å². The van der Waals surface area contributed by atoms with Crippen LogP contribution in [0, 0.1) is 3.57 Å². The molecule has 0 radical (unpaired) electrons. The Morgan fingerprint density at radius 1 is 1.82 bits per heavy atom. The van der Waals surface area contributed by atoms with E-state index in [1.165, 1.54) is 0 Å². The first-order valence-corrected chi connectivity index (χ1v) is 4.01. The highest BCUT2D eigenvalue weighted by Gasteiger charge is 2.14. The lowest BCUT2D eigenvalue weighted by Gasteiger charge is -2.01. The van der Waals surface area contributed by atoms with Crippen LogP contribution in [0.1, 0.15) is 11.7 Å². The topological polar surface area (TPSA) is 79.1 Å². The minimum atomic E-state index is -1.02. The lowest BCUT2D eigenvalue weighted by molar-refractivity contribution is -0.138. The lowest BCUT2D eigenvalue weighted by Crippen LogP contribution is -2.20. The second-order valence-electron chi connectivity index (χ2n) is 2.09. The van der Waals surface area contributed by atoms with Crippen molar-refractivity contribution in [2.75, 3.05) is 0 Å². The first-order chi connectivity index (χ1) is 5.11. The summed E-state index contributed by atoms with van der Waals surface area (Å²) in [4.78, 5) is 13.1. The average molecular weight is 266 g/mol. The highest BCUT2D eigenvalue weighted by atomic mass is 127. The zero-order valence-corrected chi connectivity index (χ0v) is 7.70. The summed E-state index contributed by atoms with van der Waals surface area (Å²) in [6.45, 7) is 0. The van der Waals surface area contributed by atoms with Crippen LogP contribution in [0.15, 0.2) is 12.3 Å². The molecule has 5 heteroatoms. The van der Waals surface area contributed by atoms with Crippen molar-refractivity contribution in [2.24, 2.45) is 5.73 Å². The molecular formula is C6H7IN2O2. The third-order valence-corrected chi connectivity index (χ3v) is 1.89. The highest BCUT2D eigenvalue weighted by Crippen LogP contribution is 2.12. The number of aromatic amines is 1. The third kappa shape index (κ3) is 1.93. The van der Waals surface area contributed by atoms with Gasteiger partial charge in [-0.05, 0) is 28.7 Å². The minimum absolute atomic E-state index is 0.530. The number of H-pyrrole nitrogens is 1. The fourth-order valence-electron chi connectivity index (χ4n) is 0.697. The number of nitrogens with two attached hydrogens (primary N) is 1. The number of carboxylic acids is 1. The number of carbonyl (C=O) groups is 1. The largest absolute Gasteiger partial charge is 0.480 e. The van der Waals surface area contributed by atoms with E-state index in [9.17, 15) is 4.79 Å². The summed E-state index contributed by atoms with van der Waals surface area (Å²) in [6, 6.07) is 0.762. The van der Waals surface area contributed by atoms with E-state index in [4.69, 9.17) is 10.8 Å². The van der Waals surface area contributed by atoms with Crippen LogP contribution in [0.2, 0.25) is 0 Å². The van der Waals surface area contributed by atoms with Crippen molar-refractivity contribution in [3.63, 3.8) is 0 Å². The van der Waals surface area contributed by atoms with Crippen LogP contribution in [0.25, 0.3) is 0 Å². The Labute approximate surface area is 76.9 Å². The second kappa shape index (κ2) is 3.22. The normalized spacial score (nSPS) is 12.9. The van der Waals surface area contributed by atoms with Crippen molar-refractivity contribution in [1.29, 1.82) is 0 Å². The van der Waals surface area contributed by atoms with Crippen molar-refractivity contribution in [3.8, 4) is 0 Å². The van der Waals surface area contributed by atoms with Gasteiger partial charge in [-0.1, -0.05) is 0 Å². The molecule has 0 fully saturated rings. The monoisotopic (exact) mass is 266 g/mol. The summed E-state index contributed by atoms with van der Waals surface area (Å²) in [7, 11) is 0. The first-order valence-electron chi connectivity index (χ1n) is 2.93. The smallest absolute Gasteiger partial charge is 0.326 e. The Kier molecular flexibility index (Phi) is 2.50. The molecule has 0 unspecified atom stereocenters. The number of hydrogen-bond acceptors (Lipinski definition) is 2. The molecule has 0 aliphatic carbocycles. The summed E-state index contributed by atoms with van der Waals surface area (Å²) in [5.41, 5.74) is 5.85. The van der Waals surface area contributed by atoms with E-state index in [0.717, 1.165) is 3.57 Å². The van der Waals surface area contributed by atoms with Crippen molar-refractivity contribution in [1.82, 2.24) is 4.98 Å². The number of carboxylic acid groups (broad SMARTS) is 1. The molecule has 11 heavy (non-hydrogen) atoms. The van der Waals surface area contributed by atoms with Gasteiger partial charge in [-0.2, -0.15) is 0 Å². The van der Waals surface area contributed by atoms with Crippen LogP contribution in [-0.2, 0) is 4.79 Å². The van der Waals surface area contributed by atoms with Gasteiger partial charge in [0.05, 0.1) is 0 Å². The number of nitrogens with one attached hydrogen (secondary N) is 1. The van der Waals surface area contributed by atoms with Crippen LogP contribution in [0.5, 0.6) is 0 Å². The number of aromatic nitrogens is 1. The molecule has 0 aromatic carbocycles. The second-order valence-corrected chi connectivity index (χ2v) is 3.33. The molecule has 0 aliphatic heterocycles. The summed E-state index contributed by atoms with van der Waals surface area (Å²) < 4.78 is 0.953. The average Bonchev–Trinajstić information content (AvgIpc) is 2.34. The molecule has 0 saturated heterocycles. The van der Waals surface area contributed by atoms with Crippen LogP contribution < -0.4 is 5.73 Å². The number of aliphatic carboxylic acids is 1. The molecule has 0 aliphatic rings. The maximum atomic E-state index is 10.4. The van der Waals surface area contributed by atoms with Gasteiger partial charge in [-0.25, -0.2) is 0 Å². The van der Waals surface area contributed by atoms with Crippen LogP contribution in [-0.4, -0.2) is 16.1 Å². The Hall–Kier alpha value is -0.560. The van der Waals surface area contributed by atoms with E-state index in [1.54, 1.807) is 12.3 Å². The van der Waals surface area contributed by atoms with Gasteiger partial charge in [-0.15, -0.1) is 0 Å². The molecule has 4 nitrogen and oxygen atoms in total. The maximum absolute atomic E-state index is 10.4. The van der Waals surface area contributed by atoms with Crippen LogP contribution in [0.4, 0.5) is 0 Å². The molecule has 4 N–H and O–H groups in total. The summed E-state index contributed by atoms with van der Waals surface area (Å²) >= 11 is 2.08. The molecule has 60 valence electrons. The zero-order chi connectivity index (χ0) is 8.43. The first kappa shape index (κ1) is 8.54. The Bertz CT molecular complexity index is 271. The van der Waals surface area contributed by atoms with E-state index in [1.807, 2.05) is 0 Å². The molecule has 1 atom stereocenters. The Morgan fingerprint density at radius 3 is 2.82 bits per heavy atom. The summed E-state index contributed by atoms with van der Waals surface area (Å²) in [6.07, 6.45) is 1.71. The van der Waals surface area contributed by atoms with E-state index >= 15 is 0 Å². The molecule has 1 aromatic rings. The van der Waals surface area contributed by atoms with Gasteiger partial charge in [0.1, 0.15) is 6.04 Å². The van der Waals surface area contributed by atoms with Gasteiger partial charge in [0.2, 0.25) is 0 Å². The van der Waals surface area contributed by atoms with Gasteiger partial charge in [-0.3, -0.25) is 4.79 Å². The van der Waals surface area contributed by atoms with Crippen LogP contribution >= 0.6 is 22.6 Å². The molecule has 0 amide bonds. The molecule has 0 bridgehead atoms. The van der Waals surface area contributed by atoms with Crippen LogP contribution in [0.3, 0.4) is 0 Å². The lowest BCUT2D eigenvalue weighted by atomic mass is 10.2. The van der Waals surface area contributed by atoms with Crippen molar-refractivity contribution in [2.45, 2.75) is 6.04 Å². The third-order valence-electron chi connectivity index (χ3n) is 1.27. The van der Waals surface area contributed by atoms with Gasteiger partial charge >= 0.3 is 5.97 Å². The standard InChI is InChI=1S/C6H7IN2O2/c7-3-1-4(9-2-3)5(8)6(10)11/h1-2,5,9H,8H2,(H,10,11)/t5-/m1/s1. The molecule has 1 heterocycles. The quantitative estimate of drug-likeness (QED) is 0.689.